The molecule has 2 amide bonds. The number of hydrogen-bond acceptors (Lipinski definition) is 3. The predicted molar refractivity (Wildman–Crippen MR) is 135 cm³/mol. The molecule has 2 aromatic heterocycles. The van der Waals surface area contributed by atoms with Crippen molar-refractivity contribution in [3.05, 3.63) is 41.4 Å². The molecule has 7 nitrogen and oxygen atoms in total. The van der Waals surface area contributed by atoms with Gasteiger partial charge in [0.05, 0.1) is 6.20 Å². The topological polar surface area (TPSA) is 63.4 Å². The van der Waals surface area contributed by atoms with Crippen LogP contribution in [0.2, 0.25) is 0 Å². The van der Waals surface area contributed by atoms with Gasteiger partial charge in [-0.1, -0.05) is 12.8 Å². The van der Waals surface area contributed by atoms with E-state index in [1.807, 2.05) is 27.9 Å². The minimum Gasteiger partial charge on any atom is -0.342 e. The van der Waals surface area contributed by atoms with Crippen molar-refractivity contribution in [1.29, 1.82) is 0 Å². The first-order chi connectivity index (χ1) is 16.4. The first kappa shape index (κ1) is 24.3. The Kier molecular flexibility index (Phi) is 7.59. The number of piperidine rings is 1. The Morgan fingerprint density at radius 2 is 1.68 bits per heavy atom. The van der Waals surface area contributed by atoms with Gasteiger partial charge in [-0.25, -0.2) is 4.68 Å². The third kappa shape index (κ3) is 5.13. The fourth-order valence-corrected chi connectivity index (χ4v) is 5.35. The Morgan fingerprint density at radius 1 is 1.00 bits per heavy atom. The van der Waals surface area contributed by atoms with Gasteiger partial charge in [-0.2, -0.15) is 5.10 Å². The summed E-state index contributed by atoms with van der Waals surface area (Å²) >= 11 is 0. The summed E-state index contributed by atoms with van der Waals surface area (Å²) in [5.41, 5.74) is 3.24. The van der Waals surface area contributed by atoms with Crippen LogP contribution in [0.4, 0.5) is 0 Å². The lowest BCUT2D eigenvalue weighted by atomic mass is 9.95. The monoisotopic (exact) mass is 465 g/mol. The van der Waals surface area contributed by atoms with E-state index < -0.39 is 0 Å². The van der Waals surface area contributed by atoms with Gasteiger partial charge >= 0.3 is 0 Å². The van der Waals surface area contributed by atoms with E-state index in [9.17, 15) is 9.59 Å². The minimum absolute atomic E-state index is 0.0256. The van der Waals surface area contributed by atoms with Crippen LogP contribution in [0, 0.1) is 19.8 Å². The molecule has 0 atom stereocenters. The summed E-state index contributed by atoms with van der Waals surface area (Å²) in [5, 5.41) is 4.46. The van der Waals surface area contributed by atoms with E-state index in [0.29, 0.717) is 19.0 Å². The molecular weight excluding hydrogens is 426 g/mol. The maximum Gasteiger partial charge on any atom is 0.246 e. The van der Waals surface area contributed by atoms with Crippen molar-refractivity contribution >= 4 is 17.9 Å². The van der Waals surface area contributed by atoms with Gasteiger partial charge in [-0.05, 0) is 71.1 Å². The lowest BCUT2D eigenvalue weighted by Gasteiger charge is -2.33. The standard InChI is InChI=1S/C27H39N5O2/c1-20(2)32-25(11-14-28-32)31-21(3)19-24(22(31)4)9-10-26(33)29-17-12-23(13-18-29)27(34)30-15-7-5-6-8-16-30/h9-11,14,19-20,23H,5-8,12-13,15-18H2,1-4H3/b10-9+. The molecular formula is C27H39N5O2. The van der Waals surface area contributed by atoms with Crippen molar-refractivity contribution in [2.75, 3.05) is 26.2 Å². The average molecular weight is 466 g/mol. The molecule has 2 fully saturated rings. The third-order valence-corrected chi connectivity index (χ3v) is 7.32. The molecule has 0 radical (unpaired) electrons. The van der Waals surface area contributed by atoms with E-state index in [0.717, 1.165) is 61.5 Å². The molecule has 0 N–H and O–H groups in total. The Labute approximate surface area is 203 Å². The van der Waals surface area contributed by atoms with Gasteiger partial charge in [0.15, 0.2) is 0 Å². The molecule has 4 heterocycles. The molecule has 0 unspecified atom stereocenters. The minimum atomic E-state index is 0.0256. The second-order valence-electron chi connectivity index (χ2n) is 10.1. The molecule has 7 heteroatoms. The number of likely N-dealkylation sites (tertiary alicyclic amines) is 2. The van der Waals surface area contributed by atoms with Crippen LogP contribution < -0.4 is 0 Å². The van der Waals surface area contributed by atoms with Gasteiger partial charge in [0.1, 0.15) is 5.82 Å². The molecule has 2 aromatic rings. The molecule has 0 spiro atoms. The van der Waals surface area contributed by atoms with E-state index in [-0.39, 0.29) is 17.9 Å². The summed E-state index contributed by atoms with van der Waals surface area (Å²) in [4.78, 5) is 29.8. The normalized spacial score (nSPS) is 18.1. The highest BCUT2D eigenvalue weighted by atomic mass is 16.2. The summed E-state index contributed by atoms with van der Waals surface area (Å²) in [6.45, 7) is 11.5. The zero-order valence-electron chi connectivity index (χ0n) is 21.2. The third-order valence-electron chi connectivity index (χ3n) is 7.32. The van der Waals surface area contributed by atoms with Gasteiger partial charge in [0, 0.05) is 61.7 Å². The van der Waals surface area contributed by atoms with Gasteiger partial charge in [-0.15, -0.1) is 0 Å². The van der Waals surface area contributed by atoms with Crippen LogP contribution in [0.15, 0.2) is 24.4 Å². The Balaban J connectivity index is 1.37. The maximum absolute atomic E-state index is 12.9. The summed E-state index contributed by atoms with van der Waals surface area (Å²) < 4.78 is 4.20. The van der Waals surface area contributed by atoms with Crippen LogP contribution in [0.25, 0.3) is 11.9 Å². The molecule has 2 aliphatic heterocycles. The zero-order valence-corrected chi connectivity index (χ0v) is 21.2. The molecule has 4 rings (SSSR count). The van der Waals surface area contributed by atoms with Gasteiger partial charge < -0.3 is 14.4 Å². The van der Waals surface area contributed by atoms with Crippen LogP contribution in [0.3, 0.4) is 0 Å². The molecule has 2 saturated heterocycles. The fourth-order valence-electron chi connectivity index (χ4n) is 5.35. The van der Waals surface area contributed by atoms with Gasteiger partial charge in [0.25, 0.3) is 0 Å². The number of amides is 2. The largest absolute Gasteiger partial charge is 0.342 e. The fraction of sp³-hybridized carbons (Fsp3) is 0.593. The second kappa shape index (κ2) is 10.6. The molecule has 0 bridgehead atoms. The average Bonchev–Trinajstić information content (AvgIpc) is 3.29. The van der Waals surface area contributed by atoms with Crippen molar-refractivity contribution < 1.29 is 9.59 Å². The van der Waals surface area contributed by atoms with E-state index in [1.165, 1.54) is 12.8 Å². The predicted octanol–water partition coefficient (Wildman–Crippen LogP) is 4.53. The van der Waals surface area contributed by atoms with Crippen LogP contribution in [0.5, 0.6) is 0 Å². The number of carbonyl (C=O) groups excluding carboxylic acids is 2. The molecule has 2 aliphatic rings. The highest BCUT2D eigenvalue weighted by Crippen LogP contribution is 2.25. The lowest BCUT2D eigenvalue weighted by molar-refractivity contribution is -0.139. The quantitative estimate of drug-likeness (QED) is 0.610. The molecule has 34 heavy (non-hydrogen) atoms. The summed E-state index contributed by atoms with van der Waals surface area (Å²) in [6.07, 6.45) is 11.7. The molecule has 0 aromatic carbocycles. The highest BCUT2D eigenvalue weighted by Gasteiger charge is 2.30. The van der Waals surface area contributed by atoms with Crippen LogP contribution in [-0.2, 0) is 9.59 Å². The number of aromatic nitrogens is 3. The van der Waals surface area contributed by atoms with E-state index >= 15 is 0 Å². The smallest absolute Gasteiger partial charge is 0.246 e. The second-order valence-corrected chi connectivity index (χ2v) is 10.1. The van der Waals surface area contributed by atoms with Gasteiger partial charge in [0.2, 0.25) is 11.8 Å². The molecule has 184 valence electrons. The Hall–Kier alpha value is -2.83. The Morgan fingerprint density at radius 3 is 2.32 bits per heavy atom. The van der Waals surface area contributed by atoms with Crippen molar-refractivity contribution in [2.45, 2.75) is 72.3 Å². The summed E-state index contributed by atoms with van der Waals surface area (Å²) in [6, 6.07) is 4.40. The summed E-state index contributed by atoms with van der Waals surface area (Å²) in [5.74, 6) is 1.43. The van der Waals surface area contributed by atoms with Crippen LogP contribution in [-0.4, -0.2) is 62.1 Å². The summed E-state index contributed by atoms with van der Waals surface area (Å²) in [7, 11) is 0. The number of aryl methyl sites for hydroxylation is 1. The highest BCUT2D eigenvalue weighted by molar-refractivity contribution is 5.92. The van der Waals surface area contributed by atoms with E-state index in [4.69, 9.17) is 0 Å². The molecule has 0 saturated carbocycles. The first-order valence-corrected chi connectivity index (χ1v) is 12.9. The lowest BCUT2D eigenvalue weighted by Crippen LogP contribution is -2.44. The van der Waals surface area contributed by atoms with E-state index in [1.54, 1.807) is 6.08 Å². The maximum atomic E-state index is 12.9. The number of rotatable bonds is 5. The zero-order chi connectivity index (χ0) is 24.2. The van der Waals surface area contributed by atoms with Crippen molar-refractivity contribution in [3.63, 3.8) is 0 Å². The van der Waals surface area contributed by atoms with Crippen LogP contribution >= 0.6 is 0 Å². The van der Waals surface area contributed by atoms with Crippen molar-refractivity contribution in [3.8, 4) is 5.82 Å². The molecule has 0 aliphatic carbocycles. The first-order valence-electron chi connectivity index (χ1n) is 12.9. The number of nitrogens with zero attached hydrogens (tertiary/aromatic N) is 5. The van der Waals surface area contributed by atoms with Crippen molar-refractivity contribution in [2.24, 2.45) is 5.92 Å². The number of hydrogen-bond donors (Lipinski definition) is 0. The van der Waals surface area contributed by atoms with Crippen LogP contribution in [0.1, 0.15) is 75.4 Å². The van der Waals surface area contributed by atoms with Crippen molar-refractivity contribution in [1.82, 2.24) is 24.1 Å². The Bertz CT molecular complexity index is 1030. The number of carbonyl (C=O) groups is 2. The van der Waals surface area contributed by atoms with Gasteiger partial charge in [-0.3, -0.25) is 9.59 Å². The van der Waals surface area contributed by atoms with E-state index in [2.05, 4.69) is 48.3 Å². The SMILES string of the molecule is Cc1cc(/C=C/C(=O)N2CCC(C(=O)N3CCCCCC3)CC2)c(C)n1-c1ccnn1C(C)C.